The number of amides is 1. The fourth-order valence-corrected chi connectivity index (χ4v) is 6.08. The number of anilines is 1. The zero-order chi connectivity index (χ0) is 20.0. The van der Waals surface area contributed by atoms with Crippen molar-refractivity contribution < 1.29 is 4.79 Å². The summed E-state index contributed by atoms with van der Waals surface area (Å²) >= 11 is 0. The van der Waals surface area contributed by atoms with Gasteiger partial charge in [0.15, 0.2) is 5.82 Å². The molecule has 154 valence electrons. The summed E-state index contributed by atoms with van der Waals surface area (Å²) in [6.07, 6.45) is 10.9. The van der Waals surface area contributed by atoms with Crippen molar-refractivity contribution in [1.82, 2.24) is 14.8 Å². The molecule has 5 nitrogen and oxygen atoms in total. The second-order valence-corrected chi connectivity index (χ2v) is 9.50. The first-order valence-corrected chi connectivity index (χ1v) is 11.5. The third-order valence-electron chi connectivity index (χ3n) is 7.47. The zero-order valence-electron chi connectivity index (χ0n) is 17.7. The Kier molecular flexibility index (Phi) is 4.72. The maximum atomic E-state index is 13.7. The largest absolute Gasteiger partial charge is 0.273 e. The highest BCUT2D eigenvalue weighted by atomic mass is 16.2. The van der Waals surface area contributed by atoms with Gasteiger partial charge >= 0.3 is 0 Å². The Bertz CT molecular complexity index is 882. The first kappa shape index (κ1) is 18.8. The lowest BCUT2D eigenvalue weighted by Gasteiger charge is -2.55. The smallest absolute Gasteiger partial charge is 0.260 e. The highest BCUT2D eigenvalue weighted by Gasteiger charge is 2.55. The van der Waals surface area contributed by atoms with Gasteiger partial charge in [0.1, 0.15) is 0 Å². The molecule has 2 fully saturated rings. The number of carbonyl (C=O) groups is 1. The molecule has 0 saturated heterocycles. The number of hydrogen-bond acceptors (Lipinski definition) is 3. The van der Waals surface area contributed by atoms with E-state index in [1.54, 1.807) is 0 Å². The van der Waals surface area contributed by atoms with E-state index >= 15 is 0 Å². The third kappa shape index (κ3) is 2.92. The number of aromatic nitrogens is 3. The molecular weight excluding hydrogens is 360 g/mol. The molecule has 1 amide bonds. The van der Waals surface area contributed by atoms with Gasteiger partial charge in [-0.25, -0.2) is 4.68 Å². The van der Waals surface area contributed by atoms with Crippen LogP contribution in [-0.2, 0) is 5.54 Å². The average Bonchev–Trinajstić information content (AvgIpc) is 3.22. The lowest BCUT2D eigenvalue weighted by Crippen LogP contribution is -2.61. The minimum absolute atomic E-state index is 0.0479. The first-order chi connectivity index (χ1) is 14.1. The highest BCUT2D eigenvalue weighted by molar-refractivity contribution is 6.05. The van der Waals surface area contributed by atoms with E-state index in [1.807, 2.05) is 35.2 Å². The van der Waals surface area contributed by atoms with Crippen molar-refractivity contribution >= 4 is 11.9 Å². The van der Waals surface area contributed by atoms with Crippen LogP contribution in [0.4, 0.5) is 5.95 Å². The SMILES string of the molecule is CC(C)c1nc2n(n1)C1(CCCCC1)C1CCCCC1N2C(=O)c1ccccc1. The molecule has 2 heterocycles. The maximum Gasteiger partial charge on any atom is 0.260 e. The number of nitrogens with zero attached hydrogens (tertiary/aromatic N) is 4. The van der Waals surface area contributed by atoms with Crippen LogP contribution >= 0.6 is 0 Å². The summed E-state index contributed by atoms with van der Waals surface area (Å²) in [4.78, 5) is 20.7. The number of fused-ring (bicyclic) bond motifs is 4. The van der Waals surface area contributed by atoms with Crippen LogP contribution < -0.4 is 4.90 Å². The Morgan fingerprint density at radius 1 is 1.03 bits per heavy atom. The van der Waals surface area contributed by atoms with Gasteiger partial charge in [0.25, 0.3) is 5.91 Å². The topological polar surface area (TPSA) is 51.0 Å². The molecule has 0 N–H and O–H groups in total. The van der Waals surface area contributed by atoms with Gasteiger partial charge in [0, 0.05) is 23.4 Å². The lowest BCUT2D eigenvalue weighted by atomic mass is 9.64. The van der Waals surface area contributed by atoms with Crippen LogP contribution in [0.5, 0.6) is 0 Å². The molecular formula is C24H32N4O. The van der Waals surface area contributed by atoms with E-state index in [0.717, 1.165) is 23.8 Å². The van der Waals surface area contributed by atoms with E-state index in [9.17, 15) is 4.79 Å². The molecule has 0 bridgehead atoms. The fraction of sp³-hybridized carbons (Fsp3) is 0.625. The fourth-order valence-electron chi connectivity index (χ4n) is 6.08. The van der Waals surface area contributed by atoms with E-state index in [-0.39, 0.29) is 23.4 Å². The first-order valence-electron chi connectivity index (χ1n) is 11.5. The molecule has 1 aromatic heterocycles. The van der Waals surface area contributed by atoms with Crippen molar-refractivity contribution in [3.05, 3.63) is 41.7 Å². The third-order valence-corrected chi connectivity index (χ3v) is 7.47. The number of hydrogen-bond donors (Lipinski definition) is 0. The molecule has 1 spiro atoms. The van der Waals surface area contributed by atoms with Crippen molar-refractivity contribution in [3.8, 4) is 0 Å². The van der Waals surface area contributed by atoms with Crippen LogP contribution in [0.2, 0.25) is 0 Å². The predicted octanol–water partition coefficient (Wildman–Crippen LogP) is 5.28. The van der Waals surface area contributed by atoms with Gasteiger partial charge in [-0.15, -0.1) is 0 Å². The summed E-state index contributed by atoms with van der Waals surface area (Å²) < 4.78 is 2.22. The normalized spacial score (nSPS) is 25.7. The predicted molar refractivity (Wildman–Crippen MR) is 114 cm³/mol. The summed E-state index contributed by atoms with van der Waals surface area (Å²) in [5, 5.41) is 5.06. The van der Waals surface area contributed by atoms with E-state index in [2.05, 4.69) is 18.5 Å². The molecule has 5 rings (SSSR count). The molecule has 2 aliphatic carbocycles. The molecule has 0 radical (unpaired) electrons. The van der Waals surface area contributed by atoms with Crippen LogP contribution in [0.25, 0.3) is 0 Å². The summed E-state index contributed by atoms with van der Waals surface area (Å²) in [6.45, 7) is 4.29. The Labute approximate surface area is 173 Å². The Hall–Kier alpha value is -2.17. The van der Waals surface area contributed by atoms with Crippen molar-refractivity contribution in [2.75, 3.05) is 4.90 Å². The van der Waals surface area contributed by atoms with Crippen LogP contribution in [-0.4, -0.2) is 26.7 Å². The van der Waals surface area contributed by atoms with E-state index in [0.29, 0.717) is 5.92 Å². The van der Waals surface area contributed by atoms with Gasteiger partial charge in [-0.05, 0) is 37.8 Å². The van der Waals surface area contributed by atoms with Gasteiger partial charge < -0.3 is 0 Å². The standard InChI is InChI=1S/C24H32N4O/c1-17(2)21-25-23-27(22(29)18-11-5-3-6-12-18)20-14-8-7-13-19(20)24(28(23)26-21)15-9-4-10-16-24/h3,5-6,11-12,17,19-20H,4,7-10,13-16H2,1-2H3. The summed E-state index contributed by atoms with van der Waals surface area (Å²) in [7, 11) is 0. The molecule has 2 atom stereocenters. The molecule has 5 heteroatoms. The number of carbonyl (C=O) groups excluding carboxylic acids is 1. The van der Waals surface area contributed by atoms with Crippen molar-refractivity contribution in [3.63, 3.8) is 0 Å². The van der Waals surface area contributed by atoms with Gasteiger partial charge in [0.2, 0.25) is 5.95 Å². The van der Waals surface area contributed by atoms with Gasteiger partial charge in [0.05, 0.1) is 5.54 Å². The van der Waals surface area contributed by atoms with E-state index in [1.165, 1.54) is 51.4 Å². The Morgan fingerprint density at radius 2 is 1.76 bits per heavy atom. The molecule has 1 aromatic carbocycles. The summed E-state index contributed by atoms with van der Waals surface area (Å²) in [5.74, 6) is 2.49. The molecule has 29 heavy (non-hydrogen) atoms. The molecule has 2 saturated carbocycles. The Morgan fingerprint density at radius 3 is 2.48 bits per heavy atom. The second kappa shape index (κ2) is 7.26. The molecule has 2 unspecified atom stereocenters. The van der Waals surface area contributed by atoms with Gasteiger partial charge in [-0.3, -0.25) is 9.69 Å². The minimum atomic E-state index is 0.0479. The van der Waals surface area contributed by atoms with Crippen LogP contribution in [0, 0.1) is 5.92 Å². The Balaban J connectivity index is 1.68. The quantitative estimate of drug-likeness (QED) is 0.699. The van der Waals surface area contributed by atoms with E-state index < -0.39 is 0 Å². The van der Waals surface area contributed by atoms with Gasteiger partial charge in [-0.1, -0.05) is 64.2 Å². The second-order valence-electron chi connectivity index (χ2n) is 9.50. The zero-order valence-corrected chi connectivity index (χ0v) is 17.7. The van der Waals surface area contributed by atoms with Crippen LogP contribution in [0.15, 0.2) is 30.3 Å². The van der Waals surface area contributed by atoms with E-state index in [4.69, 9.17) is 10.1 Å². The summed E-state index contributed by atoms with van der Waals surface area (Å²) in [6, 6.07) is 9.95. The van der Waals surface area contributed by atoms with Crippen molar-refractivity contribution in [2.24, 2.45) is 5.92 Å². The minimum Gasteiger partial charge on any atom is -0.273 e. The maximum absolute atomic E-state index is 13.7. The monoisotopic (exact) mass is 392 g/mol. The summed E-state index contributed by atoms with van der Waals surface area (Å²) in [5.41, 5.74) is 0.795. The van der Waals surface area contributed by atoms with Gasteiger partial charge in [-0.2, -0.15) is 10.1 Å². The van der Waals surface area contributed by atoms with Crippen molar-refractivity contribution in [1.29, 1.82) is 0 Å². The highest BCUT2D eigenvalue weighted by Crippen LogP contribution is 2.53. The van der Waals surface area contributed by atoms with Crippen LogP contribution in [0.3, 0.4) is 0 Å². The number of rotatable bonds is 2. The van der Waals surface area contributed by atoms with Crippen molar-refractivity contribution in [2.45, 2.75) is 89.1 Å². The molecule has 2 aromatic rings. The molecule has 1 aliphatic heterocycles. The number of benzene rings is 1. The molecule has 3 aliphatic rings. The average molecular weight is 393 g/mol. The lowest BCUT2D eigenvalue weighted by molar-refractivity contribution is 0.0310. The van der Waals surface area contributed by atoms with Crippen LogP contribution in [0.1, 0.15) is 93.7 Å².